The summed E-state index contributed by atoms with van der Waals surface area (Å²) in [5, 5.41) is 104. The summed E-state index contributed by atoms with van der Waals surface area (Å²) in [6.07, 6.45) is 39.7. The molecule has 9 rings (SSSR count). The smallest absolute Gasteiger partial charge is 0.0822 e. The van der Waals surface area contributed by atoms with E-state index in [1.54, 1.807) is 0 Å². The van der Waals surface area contributed by atoms with E-state index in [0.29, 0.717) is 44.9 Å². The number of allylic oxidation sites excluding steroid dienone is 18. The summed E-state index contributed by atoms with van der Waals surface area (Å²) in [4.78, 5) is 0. The van der Waals surface area contributed by atoms with Gasteiger partial charge in [-0.3, -0.25) is 0 Å². The van der Waals surface area contributed by atoms with Crippen molar-refractivity contribution in [3.63, 3.8) is 0 Å². The van der Waals surface area contributed by atoms with Gasteiger partial charge in [0.2, 0.25) is 0 Å². The normalized spacial score (nSPS) is 32.8. The van der Waals surface area contributed by atoms with E-state index in [0.717, 1.165) is 89.2 Å². The Balaban J connectivity index is 1.20. The summed E-state index contributed by atoms with van der Waals surface area (Å²) in [6, 6.07) is 0. The molecule has 0 aromatic heterocycles. The van der Waals surface area contributed by atoms with E-state index in [1.165, 1.54) is 0 Å². The topological polar surface area (TPSA) is 162 Å². The second-order valence-corrected chi connectivity index (χ2v) is 38.1. The molecule has 0 aromatic carbocycles. The SMILES string of the molecule is C#CC(C)(C)C1=CC2CC3C=C(C(C)(C)C=C)C=C(CC4C=C(C(C)(C)C)C=C(CC5=CC(C(C)(C)C)=CC(CC6=CC(C(C)(C)C=C)=CC(CC7=CC(C(C)(C)C)=CC(CC8C=C(C(C)(C)C)C=C(CC9C=C(C(C)(C)C)C=C(CC(=C1)C2O)C9O)C8O)C7O)C6O)C5O)C4O)C3O. The maximum Gasteiger partial charge on any atom is 0.0822 e. The summed E-state index contributed by atoms with van der Waals surface area (Å²) in [6.45, 7) is 53.9. The van der Waals surface area contributed by atoms with Gasteiger partial charge in [0, 0.05) is 58.2 Å². The summed E-state index contributed by atoms with van der Waals surface area (Å²) >= 11 is 0. The highest BCUT2D eigenvalue weighted by Crippen LogP contribution is 2.51. The minimum absolute atomic E-state index is 0.262. The zero-order valence-electron chi connectivity index (χ0n) is 64.4. The molecule has 0 heterocycles. The van der Waals surface area contributed by atoms with Crippen molar-refractivity contribution < 1.29 is 40.9 Å². The highest BCUT2D eigenvalue weighted by Gasteiger charge is 2.45. The van der Waals surface area contributed by atoms with E-state index in [1.807, 2.05) is 32.1 Å². The summed E-state index contributed by atoms with van der Waals surface area (Å²) in [7, 11) is 0. The van der Waals surface area contributed by atoms with Gasteiger partial charge in [-0.25, -0.2) is 0 Å². The third-order valence-electron chi connectivity index (χ3n) is 23.9. The van der Waals surface area contributed by atoms with Crippen LogP contribution >= 0.6 is 0 Å². The predicted octanol–water partition coefficient (Wildman–Crippen LogP) is 18.2. The Morgan fingerprint density at radius 3 is 0.727 bits per heavy atom. The number of aliphatic hydroxyl groups excluding tert-OH is 8. The van der Waals surface area contributed by atoms with Crippen LogP contribution in [-0.2, 0) is 0 Å². The van der Waals surface area contributed by atoms with Gasteiger partial charge in [0.05, 0.1) is 54.2 Å². The molecule has 1 fully saturated rings. The van der Waals surface area contributed by atoms with Crippen molar-refractivity contribution in [1.29, 1.82) is 0 Å². The standard InChI is InChI=1S/C91H126O8/c1-25-89(19,20)73-46-62-31-58-42-69(85(7,8)9)38-54(77(58)93)28-52-36-68(84(4,5)6)37-53(76(52)92)29-55-39-70(86(10,11)12)44-60(78(55)94)33-64-48-74(90(21,22)26-2)50-66(82(64)98)35-67-51-75(91(23,24)27-3)49-65(83(67)99)34-61-45-72(88(16,17)18)41-57(80(61)96)30-56-40-71(87(13,14)15)43-59(79(56)95)32-63(47-73)81(62)97/h2,25,27,36-52,54-55,59,61-62,66-67,76-83,92-99H,1,3,28-35H2,4-24H3. The van der Waals surface area contributed by atoms with E-state index >= 15 is 0 Å². The first-order valence-corrected chi connectivity index (χ1v) is 37.2. The van der Waals surface area contributed by atoms with Crippen molar-refractivity contribution in [1.82, 2.24) is 0 Å². The molecule has 16 unspecified atom stereocenters. The van der Waals surface area contributed by atoms with Crippen LogP contribution < -0.4 is 0 Å². The first-order chi connectivity index (χ1) is 45.5. The van der Waals surface area contributed by atoms with Crippen molar-refractivity contribution in [2.45, 2.75) is 246 Å². The van der Waals surface area contributed by atoms with E-state index in [4.69, 9.17) is 6.42 Å². The monoisotopic (exact) mass is 1350 g/mol. The van der Waals surface area contributed by atoms with Gasteiger partial charge in [0.1, 0.15) is 0 Å². The average molecular weight is 1350 g/mol. The molecule has 99 heavy (non-hydrogen) atoms. The fourth-order valence-corrected chi connectivity index (χ4v) is 16.3. The van der Waals surface area contributed by atoms with Crippen molar-refractivity contribution in [3.05, 3.63) is 212 Å². The number of terminal acetylenes is 1. The molecule has 0 aromatic rings. The van der Waals surface area contributed by atoms with Crippen LogP contribution in [0.5, 0.6) is 0 Å². The third kappa shape index (κ3) is 17.0. The highest BCUT2D eigenvalue weighted by atomic mass is 16.3. The Labute approximate surface area is 597 Å². The number of aliphatic hydroxyl groups is 8. The summed E-state index contributed by atoms with van der Waals surface area (Å²) in [5.41, 5.74) is 11.2. The van der Waals surface area contributed by atoms with Crippen molar-refractivity contribution >= 4 is 0 Å². The minimum atomic E-state index is -0.998. The summed E-state index contributed by atoms with van der Waals surface area (Å²) in [5.74, 6) is -0.467. The van der Waals surface area contributed by atoms with Gasteiger partial charge in [0.15, 0.2) is 0 Å². The molecule has 16 atom stereocenters. The minimum Gasteiger partial charge on any atom is -0.388 e. The fraction of sp³-hybridized carbons (Fsp3) is 0.582. The quantitative estimate of drug-likeness (QED) is 0.0997. The molecule has 0 aliphatic heterocycles. The number of rotatable bonds is 5. The Hall–Kier alpha value is -5.44. The maximum absolute atomic E-state index is 13.1. The maximum atomic E-state index is 13.1. The second kappa shape index (κ2) is 28.3. The first kappa shape index (κ1) is 77.7. The zero-order chi connectivity index (χ0) is 73.6. The lowest BCUT2D eigenvalue weighted by molar-refractivity contribution is 0.0966. The van der Waals surface area contributed by atoms with Crippen LogP contribution in [0.2, 0.25) is 0 Å². The summed E-state index contributed by atoms with van der Waals surface area (Å²) < 4.78 is 0. The van der Waals surface area contributed by atoms with Crippen molar-refractivity contribution in [2.75, 3.05) is 0 Å². The molecule has 9 aliphatic rings. The largest absolute Gasteiger partial charge is 0.388 e. The van der Waals surface area contributed by atoms with Gasteiger partial charge in [-0.1, -0.05) is 247 Å². The lowest BCUT2D eigenvalue weighted by Crippen LogP contribution is -2.37. The molecule has 0 spiro atoms. The van der Waals surface area contributed by atoms with E-state index in [-0.39, 0.29) is 33.5 Å². The molecule has 8 N–H and O–H groups in total. The molecule has 538 valence electrons. The Morgan fingerprint density at radius 1 is 0.293 bits per heavy atom. The number of hydrogen-bond acceptors (Lipinski definition) is 8. The predicted molar refractivity (Wildman–Crippen MR) is 410 cm³/mol. The fourth-order valence-electron chi connectivity index (χ4n) is 16.3. The molecule has 8 heteroatoms. The molecule has 1 saturated carbocycles. The highest BCUT2D eigenvalue weighted by molar-refractivity contribution is 5.50. The zero-order valence-corrected chi connectivity index (χ0v) is 64.4. The number of hydrogen-bond donors (Lipinski definition) is 8. The molecular formula is C91H126O8. The van der Waals surface area contributed by atoms with Crippen LogP contribution in [0.3, 0.4) is 0 Å². The molecule has 0 amide bonds. The van der Waals surface area contributed by atoms with Gasteiger partial charge in [0.25, 0.3) is 0 Å². The van der Waals surface area contributed by atoms with Gasteiger partial charge in [-0.2, -0.15) is 0 Å². The molecule has 16 bridgehead atoms. The molecule has 0 saturated heterocycles. The van der Waals surface area contributed by atoms with Gasteiger partial charge < -0.3 is 40.9 Å². The molecule has 0 radical (unpaired) electrons. The van der Waals surface area contributed by atoms with E-state index in [2.05, 4.69) is 242 Å². The average Bonchev–Trinajstić information content (AvgIpc) is 0.774. The van der Waals surface area contributed by atoms with Gasteiger partial charge >= 0.3 is 0 Å². The molecule has 9 aliphatic carbocycles. The Bertz CT molecular complexity index is 3740. The van der Waals surface area contributed by atoms with E-state index < -0.39 is 112 Å². The van der Waals surface area contributed by atoms with Crippen LogP contribution in [0, 0.1) is 103 Å². The molecular weight excluding hydrogens is 1220 g/mol. The lowest BCUT2D eigenvalue weighted by atomic mass is 9.67. The van der Waals surface area contributed by atoms with Crippen molar-refractivity contribution in [3.8, 4) is 12.3 Å². The lowest BCUT2D eigenvalue weighted by Gasteiger charge is -2.40. The Morgan fingerprint density at radius 2 is 0.475 bits per heavy atom. The van der Waals surface area contributed by atoms with Crippen LogP contribution in [0.4, 0.5) is 0 Å². The van der Waals surface area contributed by atoms with Crippen LogP contribution in [0.1, 0.15) is 197 Å². The van der Waals surface area contributed by atoms with Crippen LogP contribution in [0.25, 0.3) is 0 Å². The second-order valence-electron chi connectivity index (χ2n) is 38.1. The van der Waals surface area contributed by atoms with Gasteiger partial charge in [-0.15, -0.1) is 19.6 Å². The third-order valence-corrected chi connectivity index (χ3v) is 23.9. The first-order valence-electron chi connectivity index (χ1n) is 37.2. The van der Waals surface area contributed by atoms with Gasteiger partial charge in [-0.05, 0) is 181 Å². The van der Waals surface area contributed by atoms with Crippen LogP contribution in [0.15, 0.2) is 212 Å². The van der Waals surface area contributed by atoms with Crippen LogP contribution in [-0.4, -0.2) is 89.7 Å². The Kier molecular flexibility index (Phi) is 22.2. The molecule has 8 nitrogen and oxygen atoms in total. The number of fused-ring (bicyclic) bond motifs is 16. The van der Waals surface area contributed by atoms with Crippen molar-refractivity contribution in [2.24, 2.45) is 90.7 Å². The van der Waals surface area contributed by atoms with E-state index in [9.17, 15) is 40.9 Å².